The molecule has 140 valence electrons. The minimum atomic E-state index is -0.647. The monoisotopic (exact) mass is 387 g/mol. The summed E-state index contributed by atoms with van der Waals surface area (Å²) in [5.41, 5.74) is 8.23. The number of nitrogens with one attached hydrogen (secondary N) is 1. The van der Waals surface area contributed by atoms with Gasteiger partial charge in [-0.2, -0.15) is 0 Å². The highest BCUT2D eigenvalue weighted by atomic mass is 35.5. The maximum absolute atomic E-state index is 11.8. The van der Waals surface area contributed by atoms with Crippen molar-refractivity contribution in [3.05, 3.63) is 64.6 Å². The van der Waals surface area contributed by atoms with Gasteiger partial charge in [0.15, 0.2) is 24.8 Å². The standard InChI is InChI=1S/C19H18ClN3O4/c1-11-8-12(6-7-13(11)20)26-10-17(25)27-9-16(24)18(21)19-22-14-4-2-3-5-15(14)23-19/h2-8,24H,9-10,21H2,1H3,(H,22,23). The van der Waals surface area contributed by atoms with Crippen molar-refractivity contribution in [2.24, 2.45) is 5.73 Å². The summed E-state index contributed by atoms with van der Waals surface area (Å²) in [7, 11) is 0. The molecule has 1 aromatic heterocycles. The molecule has 3 aromatic rings. The molecule has 0 aliphatic carbocycles. The number of benzene rings is 2. The van der Waals surface area contributed by atoms with E-state index in [1.807, 2.05) is 31.2 Å². The van der Waals surface area contributed by atoms with Crippen molar-refractivity contribution >= 4 is 34.3 Å². The second-order valence-corrected chi connectivity index (χ2v) is 6.23. The number of carbonyl (C=O) groups excluding carboxylic acids is 1. The van der Waals surface area contributed by atoms with Gasteiger partial charge in [-0.1, -0.05) is 23.7 Å². The summed E-state index contributed by atoms with van der Waals surface area (Å²) in [6.45, 7) is 1.14. The molecular weight excluding hydrogens is 370 g/mol. The van der Waals surface area contributed by atoms with Crippen LogP contribution < -0.4 is 10.5 Å². The molecule has 0 aliphatic rings. The number of aryl methyl sites for hydroxylation is 1. The van der Waals surface area contributed by atoms with Crippen LogP contribution >= 0.6 is 11.6 Å². The Kier molecular flexibility index (Phi) is 5.52. The number of nitrogens with zero attached hydrogens (tertiary/aromatic N) is 1. The lowest BCUT2D eigenvalue weighted by Crippen LogP contribution is -2.17. The van der Waals surface area contributed by atoms with E-state index >= 15 is 0 Å². The highest BCUT2D eigenvalue weighted by Crippen LogP contribution is 2.21. The number of halogens is 1. The van der Waals surface area contributed by atoms with E-state index in [4.69, 9.17) is 26.8 Å². The van der Waals surface area contributed by atoms with E-state index in [1.54, 1.807) is 18.2 Å². The number of carbonyl (C=O) groups is 1. The number of esters is 1. The Morgan fingerprint density at radius 1 is 1.26 bits per heavy atom. The molecule has 0 aliphatic heterocycles. The van der Waals surface area contributed by atoms with Gasteiger partial charge >= 0.3 is 5.97 Å². The molecule has 0 unspecified atom stereocenters. The summed E-state index contributed by atoms with van der Waals surface area (Å²) in [6, 6.07) is 12.4. The van der Waals surface area contributed by atoms with Crippen LogP contribution in [-0.4, -0.2) is 34.3 Å². The molecule has 0 saturated heterocycles. The fourth-order valence-electron chi connectivity index (χ4n) is 2.33. The number of para-hydroxylation sites is 2. The molecule has 0 amide bonds. The van der Waals surface area contributed by atoms with Crippen LogP contribution in [0.15, 0.2) is 48.2 Å². The maximum atomic E-state index is 11.8. The molecule has 0 bridgehead atoms. The molecule has 4 N–H and O–H groups in total. The first-order valence-corrected chi connectivity index (χ1v) is 8.49. The van der Waals surface area contributed by atoms with Gasteiger partial charge in [-0.25, -0.2) is 9.78 Å². The van der Waals surface area contributed by atoms with Crippen molar-refractivity contribution in [2.75, 3.05) is 13.2 Å². The van der Waals surface area contributed by atoms with E-state index in [1.165, 1.54) is 0 Å². The van der Waals surface area contributed by atoms with Crippen LogP contribution in [0.5, 0.6) is 5.75 Å². The Balaban J connectivity index is 1.56. The summed E-state index contributed by atoms with van der Waals surface area (Å²) in [5, 5.41) is 10.7. The third-order valence-electron chi connectivity index (χ3n) is 3.81. The van der Waals surface area contributed by atoms with Crippen LogP contribution in [-0.2, 0) is 9.53 Å². The van der Waals surface area contributed by atoms with Crippen LogP contribution in [0.4, 0.5) is 0 Å². The van der Waals surface area contributed by atoms with Crippen molar-refractivity contribution in [3.8, 4) is 5.75 Å². The number of aliphatic hydroxyl groups excluding tert-OH is 1. The van der Waals surface area contributed by atoms with Gasteiger partial charge < -0.3 is 25.3 Å². The highest BCUT2D eigenvalue weighted by Gasteiger charge is 2.12. The fourth-order valence-corrected chi connectivity index (χ4v) is 2.45. The first-order valence-electron chi connectivity index (χ1n) is 8.11. The zero-order chi connectivity index (χ0) is 19.4. The first kappa shape index (κ1) is 18.6. The van der Waals surface area contributed by atoms with Gasteiger partial charge in [0.2, 0.25) is 0 Å². The van der Waals surface area contributed by atoms with Gasteiger partial charge in [0.1, 0.15) is 11.4 Å². The van der Waals surface area contributed by atoms with E-state index in [2.05, 4.69) is 9.97 Å². The quantitative estimate of drug-likeness (QED) is 0.442. The lowest BCUT2D eigenvalue weighted by atomic mass is 10.2. The van der Waals surface area contributed by atoms with Crippen molar-refractivity contribution in [2.45, 2.75) is 6.92 Å². The number of H-pyrrole nitrogens is 1. The molecular formula is C19H18ClN3O4. The number of aliphatic hydroxyl groups is 1. The van der Waals surface area contributed by atoms with Crippen LogP contribution in [0.3, 0.4) is 0 Å². The Labute approximate surface area is 160 Å². The topological polar surface area (TPSA) is 110 Å². The fraction of sp³-hybridized carbons (Fsp3) is 0.158. The van der Waals surface area contributed by atoms with Crippen LogP contribution in [0.1, 0.15) is 11.4 Å². The van der Waals surface area contributed by atoms with Crippen molar-refractivity contribution < 1.29 is 19.4 Å². The van der Waals surface area contributed by atoms with Gasteiger partial charge in [-0.3, -0.25) is 0 Å². The Morgan fingerprint density at radius 3 is 2.78 bits per heavy atom. The third kappa shape index (κ3) is 4.51. The Morgan fingerprint density at radius 2 is 2.04 bits per heavy atom. The van der Waals surface area contributed by atoms with E-state index in [0.717, 1.165) is 11.1 Å². The second kappa shape index (κ2) is 8.01. The molecule has 0 fully saturated rings. The molecule has 3 rings (SSSR count). The first-order chi connectivity index (χ1) is 12.9. The van der Waals surface area contributed by atoms with Crippen LogP contribution in [0, 0.1) is 6.92 Å². The van der Waals surface area contributed by atoms with Crippen LogP contribution in [0.2, 0.25) is 5.02 Å². The molecule has 27 heavy (non-hydrogen) atoms. The molecule has 7 nitrogen and oxygen atoms in total. The zero-order valence-corrected chi connectivity index (χ0v) is 15.3. The van der Waals surface area contributed by atoms with Gasteiger partial charge in [0.05, 0.1) is 11.0 Å². The SMILES string of the molecule is Cc1cc(OCC(=O)OCC(O)=C(N)c2nc3ccccc3[nH]2)ccc1Cl. The Hall–Kier alpha value is -3.19. The molecule has 1 heterocycles. The molecule has 0 spiro atoms. The summed E-state index contributed by atoms with van der Waals surface area (Å²) in [6.07, 6.45) is 0. The predicted octanol–water partition coefficient (Wildman–Crippen LogP) is 3.33. The van der Waals surface area contributed by atoms with Gasteiger partial charge in [0, 0.05) is 5.02 Å². The van der Waals surface area contributed by atoms with E-state index < -0.39 is 5.97 Å². The largest absolute Gasteiger partial charge is 0.507 e. The number of ether oxygens (including phenoxy) is 2. The molecule has 2 aromatic carbocycles. The normalized spacial score (nSPS) is 11.9. The van der Waals surface area contributed by atoms with Gasteiger partial charge in [-0.05, 0) is 42.8 Å². The maximum Gasteiger partial charge on any atom is 0.344 e. The highest BCUT2D eigenvalue weighted by molar-refractivity contribution is 6.31. The molecule has 0 radical (unpaired) electrons. The number of hydrogen-bond donors (Lipinski definition) is 3. The lowest BCUT2D eigenvalue weighted by molar-refractivity contribution is -0.145. The van der Waals surface area contributed by atoms with Crippen molar-refractivity contribution in [1.29, 1.82) is 0 Å². The lowest BCUT2D eigenvalue weighted by Gasteiger charge is -2.09. The van der Waals surface area contributed by atoms with E-state index in [-0.39, 0.29) is 24.7 Å². The van der Waals surface area contributed by atoms with Gasteiger partial charge in [0.25, 0.3) is 0 Å². The van der Waals surface area contributed by atoms with E-state index in [0.29, 0.717) is 22.1 Å². The van der Waals surface area contributed by atoms with Crippen molar-refractivity contribution in [1.82, 2.24) is 9.97 Å². The predicted molar refractivity (Wildman–Crippen MR) is 102 cm³/mol. The van der Waals surface area contributed by atoms with Crippen molar-refractivity contribution in [3.63, 3.8) is 0 Å². The molecule has 8 heteroatoms. The number of fused-ring (bicyclic) bond motifs is 1. The number of imidazole rings is 1. The second-order valence-electron chi connectivity index (χ2n) is 5.82. The molecule has 0 saturated carbocycles. The zero-order valence-electron chi connectivity index (χ0n) is 14.5. The summed E-state index contributed by atoms with van der Waals surface area (Å²) in [5.74, 6) is -0.149. The van der Waals surface area contributed by atoms with E-state index in [9.17, 15) is 9.90 Å². The molecule has 0 atom stereocenters. The number of hydrogen-bond acceptors (Lipinski definition) is 6. The average Bonchev–Trinajstić information content (AvgIpc) is 3.10. The Bertz CT molecular complexity index is 980. The number of aromatic nitrogens is 2. The number of nitrogens with two attached hydrogens (primary N) is 1. The minimum Gasteiger partial charge on any atom is -0.507 e. The average molecular weight is 388 g/mol. The summed E-state index contributed by atoms with van der Waals surface area (Å²) >= 11 is 5.93. The summed E-state index contributed by atoms with van der Waals surface area (Å²) in [4.78, 5) is 19.1. The minimum absolute atomic E-state index is 0.00763. The third-order valence-corrected chi connectivity index (χ3v) is 4.24. The van der Waals surface area contributed by atoms with Gasteiger partial charge in [-0.15, -0.1) is 0 Å². The summed E-state index contributed by atoms with van der Waals surface area (Å²) < 4.78 is 10.3. The number of aromatic amines is 1. The van der Waals surface area contributed by atoms with Crippen LogP contribution in [0.25, 0.3) is 16.7 Å². The smallest absolute Gasteiger partial charge is 0.344 e. The number of rotatable bonds is 6.